The van der Waals surface area contributed by atoms with E-state index in [2.05, 4.69) is 21.4 Å². The smallest absolute Gasteiger partial charge is 0.145 e. The molecule has 0 saturated carbocycles. The van der Waals surface area contributed by atoms with Crippen molar-refractivity contribution in [2.24, 2.45) is 5.84 Å². The Morgan fingerprint density at radius 1 is 1.14 bits per heavy atom. The molecule has 2 aromatic carbocycles. The summed E-state index contributed by atoms with van der Waals surface area (Å²) in [5.74, 6) is 4.31. The van der Waals surface area contributed by atoms with Gasteiger partial charge in [0.05, 0.1) is 10.5 Å². The van der Waals surface area contributed by atoms with Crippen molar-refractivity contribution < 1.29 is 8.78 Å². The number of benzene rings is 2. The number of hydrazine groups is 1. The Morgan fingerprint density at radius 2 is 1.90 bits per heavy atom. The van der Waals surface area contributed by atoms with Crippen LogP contribution in [0.4, 0.5) is 8.78 Å². The number of hydrogen-bond acceptors (Lipinski definition) is 3. The number of fused-ring (bicyclic) bond motifs is 1. The van der Waals surface area contributed by atoms with Gasteiger partial charge in [-0.2, -0.15) is 0 Å². The van der Waals surface area contributed by atoms with Gasteiger partial charge in [0.2, 0.25) is 0 Å². The molecule has 0 fully saturated rings. The van der Waals surface area contributed by atoms with Crippen LogP contribution >= 0.6 is 27.3 Å². The maximum atomic E-state index is 14.3. The third-order valence-electron chi connectivity index (χ3n) is 3.36. The van der Waals surface area contributed by atoms with E-state index < -0.39 is 17.7 Å². The second-order valence-electron chi connectivity index (χ2n) is 4.54. The number of rotatable bonds is 3. The lowest BCUT2D eigenvalue weighted by Gasteiger charge is -2.18. The summed E-state index contributed by atoms with van der Waals surface area (Å²) >= 11 is 4.60. The molecule has 0 aliphatic heterocycles. The van der Waals surface area contributed by atoms with Crippen molar-refractivity contribution in [1.82, 2.24) is 5.43 Å². The van der Waals surface area contributed by atoms with Crippen molar-refractivity contribution in [3.8, 4) is 0 Å². The Bertz CT molecular complexity index is 803. The van der Waals surface area contributed by atoms with Crippen molar-refractivity contribution in [3.05, 3.63) is 69.0 Å². The molecule has 3 N–H and O–H groups in total. The maximum absolute atomic E-state index is 14.3. The molecule has 0 saturated heterocycles. The zero-order valence-corrected chi connectivity index (χ0v) is 13.1. The molecule has 0 radical (unpaired) electrons. The van der Waals surface area contributed by atoms with Gasteiger partial charge in [0.1, 0.15) is 11.6 Å². The SMILES string of the molecule is NNC(c1c(F)ccc(Br)c1F)c1csc2ccccc12. The third-order valence-corrected chi connectivity index (χ3v) is 4.95. The van der Waals surface area contributed by atoms with Gasteiger partial charge in [-0.05, 0) is 50.5 Å². The van der Waals surface area contributed by atoms with Crippen molar-refractivity contribution in [3.63, 3.8) is 0 Å². The first-order chi connectivity index (χ1) is 10.1. The number of nitrogens with one attached hydrogen (secondary N) is 1. The van der Waals surface area contributed by atoms with Crippen LogP contribution in [0, 0.1) is 11.6 Å². The molecule has 3 rings (SSSR count). The Balaban J connectivity index is 2.22. The van der Waals surface area contributed by atoms with E-state index in [-0.39, 0.29) is 10.0 Å². The summed E-state index contributed by atoms with van der Waals surface area (Å²) in [4.78, 5) is 0. The Kier molecular flexibility index (Phi) is 4.03. The standard InChI is InChI=1S/C15H11BrF2N2S/c16-10-5-6-11(17)13(14(10)18)15(20-19)9-7-21-12-4-2-1-3-8(9)12/h1-7,15,20H,19H2. The van der Waals surface area contributed by atoms with Gasteiger partial charge in [-0.25, -0.2) is 14.2 Å². The Labute approximate surface area is 132 Å². The van der Waals surface area contributed by atoms with Crippen LogP contribution in [0.1, 0.15) is 17.2 Å². The minimum atomic E-state index is -0.751. The quantitative estimate of drug-likeness (QED) is 0.406. The van der Waals surface area contributed by atoms with E-state index in [1.165, 1.54) is 23.5 Å². The molecule has 1 unspecified atom stereocenters. The third kappa shape index (κ3) is 2.48. The van der Waals surface area contributed by atoms with Crippen LogP contribution in [0.3, 0.4) is 0 Å². The van der Waals surface area contributed by atoms with Crippen LogP contribution < -0.4 is 11.3 Å². The van der Waals surface area contributed by atoms with Gasteiger partial charge in [-0.3, -0.25) is 5.84 Å². The molecule has 21 heavy (non-hydrogen) atoms. The zero-order chi connectivity index (χ0) is 15.0. The van der Waals surface area contributed by atoms with Gasteiger partial charge in [0.15, 0.2) is 0 Å². The summed E-state index contributed by atoms with van der Waals surface area (Å²) in [7, 11) is 0. The van der Waals surface area contributed by atoms with E-state index in [0.29, 0.717) is 0 Å². The highest BCUT2D eigenvalue weighted by molar-refractivity contribution is 9.10. The van der Waals surface area contributed by atoms with Gasteiger partial charge < -0.3 is 0 Å². The summed E-state index contributed by atoms with van der Waals surface area (Å²) in [6.45, 7) is 0. The molecule has 0 bridgehead atoms. The highest BCUT2D eigenvalue weighted by Crippen LogP contribution is 2.36. The highest BCUT2D eigenvalue weighted by Gasteiger charge is 2.24. The monoisotopic (exact) mass is 368 g/mol. The van der Waals surface area contributed by atoms with E-state index in [4.69, 9.17) is 5.84 Å². The average molecular weight is 369 g/mol. The van der Waals surface area contributed by atoms with Crippen LogP contribution in [0.2, 0.25) is 0 Å². The highest BCUT2D eigenvalue weighted by atomic mass is 79.9. The molecule has 0 aliphatic carbocycles. The van der Waals surface area contributed by atoms with Crippen molar-refractivity contribution in [2.75, 3.05) is 0 Å². The van der Waals surface area contributed by atoms with Crippen molar-refractivity contribution in [2.45, 2.75) is 6.04 Å². The molecular formula is C15H11BrF2N2S. The van der Waals surface area contributed by atoms with Gasteiger partial charge in [0, 0.05) is 10.3 Å². The normalized spacial score (nSPS) is 12.8. The predicted octanol–water partition coefficient (Wildman–Crippen LogP) is 4.49. The van der Waals surface area contributed by atoms with E-state index in [1.807, 2.05) is 29.6 Å². The lowest BCUT2D eigenvalue weighted by atomic mass is 9.98. The zero-order valence-electron chi connectivity index (χ0n) is 10.7. The first-order valence-electron chi connectivity index (χ1n) is 6.19. The lowest BCUT2D eigenvalue weighted by molar-refractivity contribution is 0.509. The minimum Gasteiger partial charge on any atom is -0.271 e. The van der Waals surface area contributed by atoms with Crippen LogP contribution in [0.25, 0.3) is 10.1 Å². The summed E-state index contributed by atoms with van der Waals surface area (Å²) in [6, 6.07) is 9.51. The average Bonchev–Trinajstić information content (AvgIpc) is 2.91. The molecular weight excluding hydrogens is 358 g/mol. The van der Waals surface area contributed by atoms with Crippen LogP contribution in [-0.2, 0) is 0 Å². The van der Waals surface area contributed by atoms with Gasteiger partial charge >= 0.3 is 0 Å². The molecule has 1 aromatic heterocycles. The summed E-state index contributed by atoms with van der Waals surface area (Å²) in [6.07, 6.45) is 0. The van der Waals surface area contributed by atoms with E-state index in [1.54, 1.807) is 0 Å². The Morgan fingerprint density at radius 3 is 2.67 bits per heavy atom. The first kappa shape index (κ1) is 14.6. The fourth-order valence-corrected chi connectivity index (χ4v) is 3.69. The lowest BCUT2D eigenvalue weighted by Crippen LogP contribution is -2.30. The molecule has 1 heterocycles. The molecule has 0 amide bonds. The van der Waals surface area contributed by atoms with E-state index >= 15 is 0 Å². The van der Waals surface area contributed by atoms with Crippen molar-refractivity contribution in [1.29, 1.82) is 0 Å². The molecule has 6 heteroatoms. The molecule has 108 valence electrons. The van der Waals surface area contributed by atoms with E-state index in [9.17, 15) is 8.78 Å². The Hall–Kier alpha value is -1.34. The number of thiophene rings is 1. The topological polar surface area (TPSA) is 38.0 Å². The summed E-state index contributed by atoms with van der Waals surface area (Å²) in [5, 5.41) is 2.80. The maximum Gasteiger partial charge on any atom is 0.145 e. The minimum absolute atomic E-state index is 0.0876. The largest absolute Gasteiger partial charge is 0.271 e. The van der Waals surface area contributed by atoms with Gasteiger partial charge in [0.25, 0.3) is 0 Å². The number of nitrogens with two attached hydrogens (primary N) is 1. The van der Waals surface area contributed by atoms with E-state index in [0.717, 1.165) is 15.6 Å². The molecule has 0 spiro atoms. The van der Waals surface area contributed by atoms with Crippen LogP contribution in [-0.4, -0.2) is 0 Å². The second kappa shape index (κ2) is 5.81. The fourth-order valence-electron chi connectivity index (χ4n) is 2.36. The van der Waals surface area contributed by atoms with Gasteiger partial charge in [-0.15, -0.1) is 11.3 Å². The van der Waals surface area contributed by atoms with Gasteiger partial charge in [-0.1, -0.05) is 18.2 Å². The molecule has 3 aromatic rings. The van der Waals surface area contributed by atoms with Crippen molar-refractivity contribution >= 4 is 37.4 Å². The molecule has 2 nitrogen and oxygen atoms in total. The van der Waals surface area contributed by atoms with Crippen LogP contribution in [0.15, 0.2) is 46.3 Å². The molecule has 1 atom stereocenters. The van der Waals surface area contributed by atoms with Crippen LogP contribution in [0.5, 0.6) is 0 Å². The number of hydrogen-bond donors (Lipinski definition) is 2. The predicted molar refractivity (Wildman–Crippen MR) is 85.0 cm³/mol. The summed E-state index contributed by atoms with van der Waals surface area (Å²) in [5.41, 5.74) is 3.20. The fraction of sp³-hybridized carbons (Fsp3) is 0.0667. The second-order valence-corrected chi connectivity index (χ2v) is 6.31. The molecule has 0 aliphatic rings. The summed E-state index contributed by atoms with van der Waals surface area (Å²) < 4.78 is 29.7. The number of halogens is 3. The first-order valence-corrected chi connectivity index (χ1v) is 7.86.